The van der Waals surface area contributed by atoms with Crippen LogP contribution in [0.2, 0.25) is 5.02 Å². The summed E-state index contributed by atoms with van der Waals surface area (Å²) in [6, 6.07) is 7.30. The van der Waals surface area contributed by atoms with Crippen LogP contribution in [0.5, 0.6) is 11.5 Å². The summed E-state index contributed by atoms with van der Waals surface area (Å²) in [6.07, 6.45) is 0.183. The molecule has 1 aromatic heterocycles. The molecule has 0 aliphatic carbocycles. The Balaban J connectivity index is 1.91. The lowest BCUT2D eigenvalue weighted by atomic mass is 10.1. The molecule has 0 amide bonds. The zero-order chi connectivity index (χ0) is 13.2. The van der Waals surface area contributed by atoms with E-state index in [2.05, 4.69) is 0 Å². The molecular weight excluding hydrogens is 284 g/mol. The molecule has 2 aromatic rings. The van der Waals surface area contributed by atoms with Crippen LogP contribution in [-0.4, -0.2) is 18.3 Å². The summed E-state index contributed by atoms with van der Waals surface area (Å²) in [7, 11) is 0. The van der Waals surface area contributed by atoms with Crippen LogP contribution in [-0.2, 0) is 0 Å². The highest BCUT2D eigenvalue weighted by molar-refractivity contribution is 7.10. The average Bonchev–Trinajstić information content (AvgIpc) is 2.72. The lowest BCUT2D eigenvalue weighted by molar-refractivity contribution is 0.223. The SMILES string of the molecule is OC(c1ccc2c(c1)OCCCO2)c1cc(Cl)cs1. The van der Waals surface area contributed by atoms with Crippen molar-refractivity contribution >= 4 is 22.9 Å². The van der Waals surface area contributed by atoms with Crippen molar-refractivity contribution in [1.82, 2.24) is 0 Å². The Morgan fingerprint density at radius 3 is 2.68 bits per heavy atom. The highest BCUT2D eigenvalue weighted by Crippen LogP contribution is 2.36. The summed E-state index contributed by atoms with van der Waals surface area (Å²) in [5, 5.41) is 12.8. The standard InChI is InChI=1S/C14H13ClO3S/c15-10-7-13(19-8-10)14(16)9-2-3-11-12(6-9)18-5-1-4-17-11/h2-3,6-8,14,16H,1,4-5H2. The van der Waals surface area contributed by atoms with Gasteiger partial charge in [-0.1, -0.05) is 17.7 Å². The van der Waals surface area contributed by atoms with Crippen LogP contribution >= 0.6 is 22.9 Å². The van der Waals surface area contributed by atoms with Crippen molar-refractivity contribution < 1.29 is 14.6 Å². The minimum absolute atomic E-state index is 0.636. The number of aliphatic hydroxyl groups excluding tert-OH is 1. The fourth-order valence-corrected chi connectivity index (χ4v) is 3.08. The number of rotatable bonds is 2. The largest absolute Gasteiger partial charge is 0.490 e. The number of hydrogen-bond donors (Lipinski definition) is 1. The molecule has 0 saturated carbocycles. The van der Waals surface area contributed by atoms with Crippen molar-refractivity contribution in [1.29, 1.82) is 0 Å². The van der Waals surface area contributed by atoms with Gasteiger partial charge in [-0.15, -0.1) is 11.3 Å². The molecule has 0 spiro atoms. The molecule has 5 heteroatoms. The molecule has 3 nitrogen and oxygen atoms in total. The summed E-state index contributed by atoms with van der Waals surface area (Å²) in [5.74, 6) is 1.43. The van der Waals surface area contributed by atoms with Gasteiger partial charge in [-0.3, -0.25) is 0 Å². The van der Waals surface area contributed by atoms with Crippen molar-refractivity contribution in [2.45, 2.75) is 12.5 Å². The Labute approximate surface area is 120 Å². The van der Waals surface area contributed by atoms with Gasteiger partial charge in [0.1, 0.15) is 6.10 Å². The van der Waals surface area contributed by atoms with E-state index in [0.717, 1.165) is 22.6 Å². The van der Waals surface area contributed by atoms with E-state index < -0.39 is 6.10 Å². The summed E-state index contributed by atoms with van der Waals surface area (Å²) in [4.78, 5) is 0.819. The highest BCUT2D eigenvalue weighted by atomic mass is 35.5. The molecule has 100 valence electrons. The second kappa shape index (κ2) is 5.41. The van der Waals surface area contributed by atoms with E-state index in [1.165, 1.54) is 11.3 Å². The fourth-order valence-electron chi connectivity index (χ4n) is 1.99. The van der Waals surface area contributed by atoms with Crippen LogP contribution in [0.1, 0.15) is 23.0 Å². The minimum atomic E-state index is -0.686. The molecule has 0 saturated heterocycles. The van der Waals surface area contributed by atoms with Gasteiger partial charge in [0.15, 0.2) is 11.5 Å². The van der Waals surface area contributed by atoms with E-state index in [9.17, 15) is 5.11 Å². The smallest absolute Gasteiger partial charge is 0.161 e. The first-order valence-electron chi connectivity index (χ1n) is 6.05. The first kappa shape index (κ1) is 12.8. The van der Waals surface area contributed by atoms with Crippen LogP contribution < -0.4 is 9.47 Å². The molecule has 0 bridgehead atoms. The minimum Gasteiger partial charge on any atom is -0.490 e. The highest BCUT2D eigenvalue weighted by Gasteiger charge is 2.17. The first-order chi connectivity index (χ1) is 9.24. The third-order valence-electron chi connectivity index (χ3n) is 2.94. The molecule has 3 rings (SSSR count). The van der Waals surface area contributed by atoms with Gasteiger partial charge in [-0.2, -0.15) is 0 Å². The molecule has 0 fully saturated rings. The summed E-state index contributed by atoms with van der Waals surface area (Å²) < 4.78 is 11.2. The number of benzene rings is 1. The van der Waals surface area contributed by atoms with E-state index in [4.69, 9.17) is 21.1 Å². The van der Waals surface area contributed by atoms with Crippen LogP contribution in [0.25, 0.3) is 0 Å². The lowest BCUT2D eigenvalue weighted by Crippen LogP contribution is -1.99. The fraction of sp³-hybridized carbons (Fsp3) is 0.286. The second-order valence-corrected chi connectivity index (χ2v) is 5.71. The molecule has 1 aromatic carbocycles. The summed E-state index contributed by atoms with van der Waals surface area (Å²) >= 11 is 7.32. The molecule has 2 heterocycles. The summed E-state index contributed by atoms with van der Waals surface area (Å²) in [5.41, 5.74) is 0.780. The maximum atomic E-state index is 10.3. The predicted molar refractivity (Wildman–Crippen MR) is 75.4 cm³/mol. The monoisotopic (exact) mass is 296 g/mol. The molecule has 1 unspecified atom stereocenters. The second-order valence-electron chi connectivity index (χ2n) is 4.33. The third kappa shape index (κ3) is 2.71. The predicted octanol–water partition coefficient (Wildman–Crippen LogP) is 3.64. The molecule has 1 aliphatic heterocycles. The first-order valence-corrected chi connectivity index (χ1v) is 7.31. The Bertz CT molecular complexity index is 582. The van der Waals surface area contributed by atoms with E-state index in [1.54, 1.807) is 6.07 Å². The number of aliphatic hydroxyl groups is 1. The van der Waals surface area contributed by atoms with Gasteiger partial charge < -0.3 is 14.6 Å². The zero-order valence-electron chi connectivity index (χ0n) is 10.1. The normalized spacial score (nSPS) is 15.9. The number of fused-ring (bicyclic) bond motifs is 1. The number of ether oxygens (including phenoxy) is 2. The third-order valence-corrected chi connectivity index (χ3v) is 4.28. The van der Waals surface area contributed by atoms with Gasteiger partial charge in [0.25, 0.3) is 0 Å². The van der Waals surface area contributed by atoms with Crippen molar-refractivity contribution in [2.24, 2.45) is 0 Å². The van der Waals surface area contributed by atoms with Crippen molar-refractivity contribution in [2.75, 3.05) is 13.2 Å². The molecule has 1 aliphatic rings. The number of hydrogen-bond acceptors (Lipinski definition) is 4. The Morgan fingerprint density at radius 2 is 1.95 bits per heavy atom. The van der Waals surface area contributed by atoms with Crippen LogP contribution in [0.4, 0.5) is 0 Å². The lowest BCUT2D eigenvalue weighted by Gasteiger charge is -2.12. The topological polar surface area (TPSA) is 38.7 Å². The number of thiophene rings is 1. The Morgan fingerprint density at radius 1 is 1.16 bits per heavy atom. The van der Waals surface area contributed by atoms with E-state index >= 15 is 0 Å². The van der Waals surface area contributed by atoms with Crippen LogP contribution in [0, 0.1) is 0 Å². The van der Waals surface area contributed by atoms with E-state index in [1.807, 2.05) is 23.6 Å². The van der Waals surface area contributed by atoms with Crippen molar-refractivity contribution in [3.8, 4) is 11.5 Å². The summed E-state index contributed by atoms with van der Waals surface area (Å²) in [6.45, 7) is 1.30. The van der Waals surface area contributed by atoms with E-state index in [-0.39, 0.29) is 0 Å². The molecule has 1 atom stereocenters. The maximum Gasteiger partial charge on any atom is 0.161 e. The number of halogens is 1. The van der Waals surface area contributed by atoms with Gasteiger partial charge in [-0.05, 0) is 23.8 Å². The van der Waals surface area contributed by atoms with Gasteiger partial charge in [0, 0.05) is 16.7 Å². The molecular formula is C14H13ClO3S. The van der Waals surface area contributed by atoms with Gasteiger partial charge in [0.2, 0.25) is 0 Å². The quantitative estimate of drug-likeness (QED) is 0.919. The molecule has 0 radical (unpaired) electrons. The van der Waals surface area contributed by atoms with Crippen LogP contribution in [0.3, 0.4) is 0 Å². The molecule has 19 heavy (non-hydrogen) atoms. The van der Waals surface area contributed by atoms with Gasteiger partial charge in [-0.25, -0.2) is 0 Å². The van der Waals surface area contributed by atoms with Crippen molar-refractivity contribution in [3.05, 3.63) is 45.1 Å². The van der Waals surface area contributed by atoms with E-state index in [0.29, 0.717) is 24.0 Å². The van der Waals surface area contributed by atoms with Crippen LogP contribution in [0.15, 0.2) is 29.6 Å². The van der Waals surface area contributed by atoms with Crippen molar-refractivity contribution in [3.63, 3.8) is 0 Å². The molecule has 1 N–H and O–H groups in total. The van der Waals surface area contributed by atoms with Gasteiger partial charge in [0.05, 0.1) is 18.2 Å². The van der Waals surface area contributed by atoms with Gasteiger partial charge >= 0.3 is 0 Å². The Kier molecular flexibility index (Phi) is 3.64. The maximum absolute atomic E-state index is 10.3. The Hall–Kier alpha value is -1.23. The zero-order valence-corrected chi connectivity index (χ0v) is 11.7. The average molecular weight is 297 g/mol.